The summed E-state index contributed by atoms with van der Waals surface area (Å²) in [6, 6.07) is 4.92. The van der Waals surface area contributed by atoms with E-state index in [9.17, 15) is 9.59 Å². The van der Waals surface area contributed by atoms with Crippen molar-refractivity contribution in [3.05, 3.63) is 34.2 Å². The number of aromatic nitrogens is 1. The first kappa shape index (κ1) is 8.74. The van der Waals surface area contributed by atoms with Gasteiger partial charge < -0.3 is 4.52 Å². The number of hydrogen-bond donors (Lipinski definition) is 0. The van der Waals surface area contributed by atoms with Crippen LogP contribution in [0.25, 0.3) is 10.9 Å². The van der Waals surface area contributed by atoms with Crippen molar-refractivity contribution in [1.82, 2.24) is 4.74 Å². The number of carbonyl (C=O) groups excluding carboxylic acids is 1. The second-order valence-electron chi connectivity index (χ2n) is 2.97. The normalized spacial score (nSPS) is 10.6. The molecule has 0 aliphatic rings. The molecule has 1 aromatic heterocycles. The van der Waals surface area contributed by atoms with Crippen LogP contribution in [0.15, 0.2) is 27.5 Å². The fourth-order valence-corrected chi connectivity index (χ4v) is 1.44. The van der Waals surface area contributed by atoms with Gasteiger partial charge in [-0.3, -0.25) is 4.79 Å². The predicted octanol–water partition coefficient (Wildman–Crippen LogP) is 1.43. The summed E-state index contributed by atoms with van der Waals surface area (Å²) in [4.78, 5) is 21.8. The van der Waals surface area contributed by atoms with Gasteiger partial charge in [0.05, 0.1) is 17.4 Å². The molecule has 0 spiro atoms. The molecule has 0 aliphatic heterocycles. The summed E-state index contributed by atoms with van der Waals surface area (Å²) in [5, 5.41) is 0.455. The minimum absolute atomic E-state index is 0.398. The monoisotopic (exact) mass is 191 g/mol. The molecule has 0 fully saturated rings. The molecule has 2 aromatic rings. The lowest BCUT2D eigenvalue weighted by atomic mass is 10.2. The minimum atomic E-state index is -0.398. The maximum Gasteiger partial charge on any atom is 0.365 e. The average Bonchev–Trinajstić information content (AvgIpc) is 2.55. The number of rotatable bonds is 2. The quantitative estimate of drug-likeness (QED) is 0.674. The van der Waals surface area contributed by atoms with Gasteiger partial charge in [-0.1, -0.05) is 0 Å². The summed E-state index contributed by atoms with van der Waals surface area (Å²) >= 11 is 0. The Bertz CT molecular complexity index is 536. The van der Waals surface area contributed by atoms with Crippen LogP contribution in [0.5, 0.6) is 0 Å². The van der Waals surface area contributed by atoms with Gasteiger partial charge in [-0.2, -0.15) is 0 Å². The highest BCUT2D eigenvalue weighted by atomic mass is 16.5. The molecule has 0 saturated carbocycles. The number of hydrogen-bond acceptors (Lipinski definition) is 3. The van der Waals surface area contributed by atoms with Gasteiger partial charge in [0.15, 0.2) is 0 Å². The third-order valence-corrected chi connectivity index (χ3v) is 2.13. The van der Waals surface area contributed by atoms with Crippen molar-refractivity contribution in [2.45, 2.75) is 13.5 Å². The second kappa shape index (κ2) is 3.14. The van der Waals surface area contributed by atoms with Crippen molar-refractivity contribution in [2.24, 2.45) is 0 Å². The third-order valence-electron chi connectivity index (χ3n) is 2.13. The number of carbonyl (C=O) groups is 1. The first-order valence-corrected chi connectivity index (χ1v) is 4.35. The zero-order valence-corrected chi connectivity index (χ0v) is 7.69. The van der Waals surface area contributed by atoms with Crippen LogP contribution in [0, 0.1) is 0 Å². The molecule has 0 radical (unpaired) electrons. The Morgan fingerprint density at radius 2 is 2.29 bits per heavy atom. The minimum Gasteiger partial charge on any atom is -0.335 e. The molecular formula is C10H9NO3. The molecule has 0 aliphatic carbocycles. The number of aldehydes is 1. The Balaban J connectivity index is 2.83. The van der Waals surface area contributed by atoms with E-state index in [0.29, 0.717) is 23.8 Å². The van der Waals surface area contributed by atoms with Crippen molar-refractivity contribution in [3.63, 3.8) is 0 Å². The van der Waals surface area contributed by atoms with Crippen LogP contribution >= 0.6 is 0 Å². The molecule has 1 heterocycles. The van der Waals surface area contributed by atoms with Gasteiger partial charge in [0.2, 0.25) is 0 Å². The van der Waals surface area contributed by atoms with Crippen LogP contribution in [0.4, 0.5) is 0 Å². The molecule has 1 aromatic carbocycles. The van der Waals surface area contributed by atoms with Crippen LogP contribution in [-0.4, -0.2) is 11.0 Å². The van der Waals surface area contributed by atoms with E-state index in [1.165, 1.54) is 4.74 Å². The lowest BCUT2D eigenvalue weighted by Gasteiger charge is -1.95. The topological polar surface area (TPSA) is 52.2 Å². The summed E-state index contributed by atoms with van der Waals surface area (Å²) in [6.45, 7) is 2.48. The lowest BCUT2D eigenvalue weighted by Crippen LogP contribution is -1.93. The zero-order chi connectivity index (χ0) is 10.1. The summed E-state index contributed by atoms with van der Waals surface area (Å²) in [7, 11) is 0. The van der Waals surface area contributed by atoms with Gasteiger partial charge >= 0.3 is 5.63 Å². The van der Waals surface area contributed by atoms with Crippen molar-refractivity contribution >= 4 is 17.2 Å². The maximum atomic E-state index is 11.3. The molecule has 4 heteroatoms. The highest BCUT2D eigenvalue weighted by molar-refractivity contribution is 5.86. The molecule has 0 amide bonds. The molecule has 0 N–H and O–H groups in total. The van der Waals surface area contributed by atoms with Gasteiger partial charge in [-0.05, 0) is 25.1 Å². The standard InChI is InChI=1S/C10H9NO3/c1-2-11-9-4-3-7(6-12)5-8(9)10(13)14-11/h3-6H,2H2,1H3. The summed E-state index contributed by atoms with van der Waals surface area (Å²) in [5.74, 6) is 0. The number of benzene rings is 1. The molecule has 0 bridgehead atoms. The molecule has 14 heavy (non-hydrogen) atoms. The van der Waals surface area contributed by atoms with Gasteiger partial charge in [0.1, 0.15) is 6.29 Å². The third kappa shape index (κ3) is 1.16. The largest absolute Gasteiger partial charge is 0.365 e. The van der Waals surface area contributed by atoms with Crippen LogP contribution < -0.4 is 5.63 Å². The van der Waals surface area contributed by atoms with Gasteiger partial charge in [0.25, 0.3) is 0 Å². The Hall–Kier alpha value is -1.84. The van der Waals surface area contributed by atoms with E-state index in [1.54, 1.807) is 18.2 Å². The van der Waals surface area contributed by atoms with Crippen molar-refractivity contribution < 1.29 is 9.32 Å². The summed E-state index contributed by atoms with van der Waals surface area (Å²) in [5.41, 5.74) is 0.812. The van der Waals surface area contributed by atoms with E-state index in [1.807, 2.05) is 6.92 Å². The van der Waals surface area contributed by atoms with Gasteiger partial charge in [-0.25, -0.2) is 9.53 Å². The molecular weight excluding hydrogens is 182 g/mol. The summed E-state index contributed by atoms with van der Waals surface area (Å²) < 4.78 is 6.47. The Morgan fingerprint density at radius 1 is 1.50 bits per heavy atom. The number of aryl methyl sites for hydroxylation is 1. The first-order valence-electron chi connectivity index (χ1n) is 4.35. The first-order chi connectivity index (χ1) is 6.76. The molecule has 2 rings (SSSR count). The summed E-state index contributed by atoms with van der Waals surface area (Å²) in [6.07, 6.45) is 0.710. The smallest absolute Gasteiger partial charge is 0.335 e. The van der Waals surface area contributed by atoms with Gasteiger partial charge in [-0.15, -0.1) is 0 Å². The van der Waals surface area contributed by atoms with Crippen LogP contribution in [0.3, 0.4) is 0 Å². The predicted molar refractivity (Wildman–Crippen MR) is 51.5 cm³/mol. The average molecular weight is 191 g/mol. The van der Waals surface area contributed by atoms with Gasteiger partial charge in [0, 0.05) is 5.56 Å². The Morgan fingerprint density at radius 3 is 2.93 bits per heavy atom. The maximum absolute atomic E-state index is 11.3. The van der Waals surface area contributed by atoms with Crippen LogP contribution in [0.2, 0.25) is 0 Å². The molecule has 72 valence electrons. The van der Waals surface area contributed by atoms with Crippen molar-refractivity contribution in [2.75, 3.05) is 0 Å². The molecule has 0 saturated heterocycles. The van der Waals surface area contributed by atoms with Crippen LogP contribution in [0.1, 0.15) is 17.3 Å². The molecule has 0 unspecified atom stereocenters. The van der Waals surface area contributed by atoms with Crippen LogP contribution in [-0.2, 0) is 6.54 Å². The molecule has 4 nitrogen and oxygen atoms in total. The van der Waals surface area contributed by atoms with E-state index in [0.717, 1.165) is 5.52 Å². The fraction of sp³-hybridized carbons (Fsp3) is 0.200. The fourth-order valence-electron chi connectivity index (χ4n) is 1.44. The second-order valence-corrected chi connectivity index (χ2v) is 2.97. The van der Waals surface area contributed by atoms with E-state index in [-0.39, 0.29) is 0 Å². The van der Waals surface area contributed by atoms with E-state index in [4.69, 9.17) is 4.52 Å². The Labute approximate surface area is 79.7 Å². The van der Waals surface area contributed by atoms with Crippen molar-refractivity contribution in [1.29, 1.82) is 0 Å². The molecule has 0 atom stereocenters. The highest BCUT2D eigenvalue weighted by Gasteiger charge is 2.07. The Kier molecular flexibility index (Phi) is 1.96. The van der Waals surface area contributed by atoms with E-state index in [2.05, 4.69) is 0 Å². The van der Waals surface area contributed by atoms with Crippen molar-refractivity contribution in [3.8, 4) is 0 Å². The lowest BCUT2D eigenvalue weighted by molar-refractivity contribution is 0.112. The van der Waals surface area contributed by atoms with E-state index < -0.39 is 5.63 Å². The zero-order valence-electron chi connectivity index (χ0n) is 7.69. The number of nitrogens with zero attached hydrogens (tertiary/aromatic N) is 1. The highest BCUT2D eigenvalue weighted by Crippen LogP contribution is 2.12. The number of fused-ring (bicyclic) bond motifs is 1. The van der Waals surface area contributed by atoms with E-state index >= 15 is 0 Å². The SMILES string of the molecule is CCn1oc(=O)c2cc(C=O)ccc21.